The first-order chi connectivity index (χ1) is 16.6. The van der Waals surface area contributed by atoms with Gasteiger partial charge in [-0.25, -0.2) is 19.9 Å². The second-order valence-electron chi connectivity index (χ2n) is 8.34. The Balaban J connectivity index is 1.85. The maximum absolute atomic E-state index is 4.76. The first-order valence-electron chi connectivity index (χ1n) is 11.1. The highest BCUT2D eigenvalue weighted by Gasteiger charge is 2.21. The molecule has 34 heavy (non-hydrogen) atoms. The summed E-state index contributed by atoms with van der Waals surface area (Å²) in [6.45, 7) is 7.93. The number of hydrogen-bond acceptors (Lipinski definition) is 4. The lowest BCUT2D eigenvalue weighted by atomic mass is 10.1. The van der Waals surface area contributed by atoms with Crippen molar-refractivity contribution in [2.45, 2.75) is 13.8 Å². The van der Waals surface area contributed by atoms with Gasteiger partial charge >= 0.3 is 0 Å². The summed E-state index contributed by atoms with van der Waals surface area (Å²) in [5.74, 6) is 1.45. The SMILES string of the molecule is C=C(C)/C=C\N=C(/C)n1c2ccccc2c2ccc3c4ccccc4n(-c4ncncn4)c3c21. The molecule has 0 bridgehead atoms. The largest absolute Gasteiger partial charge is 0.295 e. The van der Waals surface area contributed by atoms with Crippen LogP contribution >= 0.6 is 0 Å². The molecule has 0 N–H and O–H groups in total. The van der Waals surface area contributed by atoms with Gasteiger partial charge < -0.3 is 0 Å². The van der Waals surface area contributed by atoms with Gasteiger partial charge in [-0.3, -0.25) is 9.13 Å². The highest BCUT2D eigenvalue weighted by atomic mass is 15.2. The van der Waals surface area contributed by atoms with Crippen molar-refractivity contribution in [2.24, 2.45) is 4.99 Å². The number of allylic oxidation sites excluding steroid dienone is 2. The molecule has 0 radical (unpaired) electrons. The van der Waals surface area contributed by atoms with Crippen molar-refractivity contribution in [1.29, 1.82) is 0 Å². The third-order valence-electron chi connectivity index (χ3n) is 6.09. The van der Waals surface area contributed by atoms with Gasteiger partial charge in [-0.1, -0.05) is 60.7 Å². The number of nitrogens with zero attached hydrogens (tertiary/aromatic N) is 6. The van der Waals surface area contributed by atoms with Crippen LogP contribution in [0.4, 0.5) is 0 Å². The minimum Gasteiger partial charge on any atom is -0.295 e. The Bertz CT molecular complexity index is 1780. The number of rotatable bonds is 3. The molecule has 0 atom stereocenters. The summed E-state index contributed by atoms with van der Waals surface area (Å²) in [7, 11) is 0. The molecule has 0 amide bonds. The van der Waals surface area contributed by atoms with Gasteiger partial charge in [0.25, 0.3) is 0 Å². The minimum absolute atomic E-state index is 0.585. The van der Waals surface area contributed by atoms with Crippen molar-refractivity contribution < 1.29 is 0 Å². The lowest BCUT2D eigenvalue weighted by molar-refractivity contribution is 0.940. The van der Waals surface area contributed by atoms with E-state index in [4.69, 9.17) is 4.99 Å². The second kappa shape index (κ2) is 7.78. The van der Waals surface area contributed by atoms with Gasteiger partial charge in [0.05, 0.1) is 22.1 Å². The van der Waals surface area contributed by atoms with Crippen LogP contribution in [-0.2, 0) is 0 Å². The van der Waals surface area contributed by atoms with Gasteiger partial charge in [-0.15, -0.1) is 0 Å². The second-order valence-corrected chi connectivity index (χ2v) is 8.34. The average molecular weight is 443 g/mol. The molecule has 0 spiro atoms. The van der Waals surface area contributed by atoms with Crippen LogP contribution in [0.5, 0.6) is 0 Å². The van der Waals surface area contributed by atoms with E-state index in [0.29, 0.717) is 5.95 Å². The topological polar surface area (TPSA) is 60.9 Å². The van der Waals surface area contributed by atoms with Crippen molar-refractivity contribution in [3.63, 3.8) is 0 Å². The van der Waals surface area contributed by atoms with Gasteiger partial charge in [-0.2, -0.15) is 0 Å². The van der Waals surface area contributed by atoms with Crippen LogP contribution < -0.4 is 0 Å². The fourth-order valence-electron chi connectivity index (χ4n) is 4.72. The molecule has 6 rings (SSSR count). The number of aliphatic imine (C=N–C) groups is 1. The minimum atomic E-state index is 0.585. The van der Waals surface area contributed by atoms with E-state index in [0.717, 1.165) is 49.6 Å². The summed E-state index contributed by atoms with van der Waals surface area (Å²) in [5, 5.41) is 4.61. The third-order valence-corrected chi connectivity index (χ3v) is 6.09. The molecule has 164 valence electrons. The summed E-state index contributed by atoms with van der Waals surface area (Å²) < 4.78 is 4.35. The van der Waals surface area contributed by atoms with E-state index < -0.39 is 0 Å². The number of hydrogen-bond donors (Lipinski definition) is 0. The zero-order valence-corrected chi connectivity index (χ0v) is 19.0. The first-order valence-corrected chi connectivity index (χ1v) is 11.1. The lowest BCUT2D eigenvalue weighted by Crippen LogP contribution is -2.08. The zero-order chi connectivity index (χ0) is 23.2. The molecule has 3 aromatic carbocycles. The first kappa shape index (κ1) is 20.1. The molecule has 0 unspecified atom stereocenters. The van der Waals surface area contributed by atoms with Crippen molar-refractivity contribution >= 4 is 49.4 Å². The fraction of sp³-hybridized carbons (Fsp3) is 0.0714. The summed E-state index contributed by atoms with van der Waals surface area (Å²) in [6.07, 6.45) is 6.79. The van der Waals surface area contributed by atoms with E-state index in [-0.39, 0.29) is 0 Å². The fourth-order valence-corrected chi connectivity index (χ4v) is 4.72. The quantitative estimate of drug-likeness (QED) is 0.180. The third kappa shape index (κ3) is 2.96. The number of fused-ring (bicyclic) bond motifs is 7. The van der Waals surface area contributed by atoms with Crippen LogP contribution in [0.3, 0.4) is 0 Å². The van der Waals surface area contributed by atoms with E-state index in [9.17, 15) is 0 Å². The normalized spacial score (nSPS) is 12.6. The highest BCUT2D eigenvalue weighted by molar-refractivity contribution is 6.25. The summed E-state index contributed by atoms with van der Waals surface area (Å²) in [5.41, 5.74) is 5.21. The summed E-state index contributed by atoms with van der Waals surface area (Å²) >= 11 is 0. The summed E-state index contributed by atoms with van der Waals surface area (Å²) in [4.78, 5) is 17.8. The Kier molecular flexibility index (Phi) is 4.59. The standard InChI is InChI=1S/C28H22N6/c1-18(2)14-15-30-19(3)33-24-10-6-4-8-20(24)22-12-13-23-21-9-5-7-11-25(21)34(27(23)26(22)33)28-31-16-29-17-32-28/h4-17H,1H2,2-3H3/b15-14-,30-19+. The van der Waals surface area contributed by atoms with Crippen LogP contribution in [0.1, 0.15) is 13.8 Å². The molecular weight excluding hydrogens is 420 g/mol. The predicted molar refractivity (Wildman–Crippen MR) is 140 cm³/mol. The molecule has 0 aliphatic carbocycles. The van der Waals surface area contributed by atoms with Crippen LogP contribution in [0, 0.1) is 0 Å². The van der Waals surface area contributed by atoms with Gasteiger partial charge in [0.15, 0.2) is 0 Å². The molecule has 6 heteroatoms. The zero-order valence-electron chi connectivity index (χ0n) is 19.0. The van der Waals surface area contributed by atoms with E-state index in [1.807, 2.05) is 26.0 Å². The van der Waals surface area contributed by atoms with Crippen LogP contribution in [0.2, 0.25) is 0 Å². The van der Waals surface area contributed by atoms with Crippen molar-refractivity contribution in [2.75, 3.05) is 0 Å². The maximum Gasteiger partial charge on any atom is 0.237 e. The Hall–Kier alpha value is -4.58. The molecule has 6 nitrogen and oxygen atoms in total. The van der Waals surface area contributed by atoms with Crippen molar-refractivity contribution in [1.82, 2.24) is 24.1 Å². The molecule has 6 aromatic rings. The van der Waals surface area contributed by atoms with Crippen LogP contribution in [0.15, 0.2) is 103 Å². The molecule has 0 fully saturated rings. The van der Waals surface area contributed by atoms with Crippen molar-refractivity contribution in [3.8, 4) is 5.95 Å². The van der Waals surface area contributed by atoms with E-state index >= 15 is 0 Å². The number of benzene rings is 3. The smallest absolute Gasteiger partial charge is 0.237 e. The molecular formula is C28H22N6. The Labute approximate surface area is 196 Å². The van der Waals surface area contributed by atoms with E-state index in [1.165, 1.54) is 18.0 Å². The van der Waals surface area contributed by atoms with Gasteiger partial charge in [-0.05, 0) is 32.1 Å². The van der Waals surface area contributed by atoms with Crippen LogP contribution in [0.25, 0.3) is 49.6 Å². The van der Waals surface area contributed by atoms with E-state index in [1.54, 1.807) is 6.20 Å². The molecule has 0 saturated heterocycles. The predicted octanol–water partition coefficient (Wildman–Crippen LogP) is 6.43. The van der Waals surface area contributed by atoms with Gasteiger partial charge in [0.2, 0.25) is 5.95 Å². The molecule has 3 heterocycles. The lowest BCUT2D eigenvalue weighted by Gasteiger charge is -2.10. The van der Waals surface area contributed by atoms with Gasteiger partial charge in [0.1, 0.15) is 18.5 Å². The summed E-state index contributed by atoms with van der Waals surface area (Å²) in [6, 6.07) is 21.2. The van der Waals surface area contributed by atoms with E-state index in [2.05, 4.69) is 85.3 Å². The molecule has 0 saturated carbocycles. The van der Waals surface area contributed by atoms with Crippen LogP contribution in [-0.4, -0.2) is 29.9 Å². The molecule has 0 aliphatic rings. The Morgan fingerprint density at radius 2 is 1.41 bits per heavy atom. The number of aromatic nitrogens is 5. The average Bonchev–Trinajstić information content (AvgIpc) is 3.37. The van der Waals surface area contributed by atoms with Crippen molar-refractivity contribution in [3.05, 3.63) is 97.7 Å². The molecule has 3 aromatic heterocycles. The Morgan fingerprint density at radius 3 is 2.12 bits per heavy atom. The Morgan fingerprint density at radius 1 is 0.794 bits per heavy atom. The highest BCUT2D eigenvalue weighted by Crippen LogP contribution is 2.39. The monoisotopic (exact) mass is 442 g/mol. The van der Waals surface area contributed by atoms with Gasteiger partial charge in [0, 0.05) is 27.7 Å². The number of para-hydroxylation sites is 2. The molecule has 0 aliphatic heterocycles. The maximum atomic E-state index is 4.76.